The highest BCUT2D eigenvalue weighted by Crippen LogP contribution is 2.13. The van der Waals surface area contributed by atoms with E-state index in [9.17, 15) is 4.79 Å². The Bertz CT molecular complexity index is 735. The van der Waals surface area contributed by atoms with Crippen LogP contribution in [0.4, 0.5) is 0 Å². The Morgan fingerprint density at radius 2 is 2.26 bits per heavy atom. The summed E-state index contributed by atoms with van der Waals surface area (Å²) < 4.78 is 0.677. The summed E-state index contributed by atoms with van der Waals surface area (Å²) in [4.78, 5) is 23.0. The monoisotopic (exact) mass is 272 g/mol. The van der Waals surface area contributed by atoms with E-state index in [2.05, 4.69) is 20.3 Å². The van der Waals surface area contributed by atoms with Crippen molar-refractivity contribution in [2.45, 2.75) is 13.1 Å². The number of fused-ring (bicyclic) bond motifs is 1. The summed E-state index contributed by atoms with van der Waals surface area (Å²) in [5.74, 6) is 0.653. The number of aromatic amines is 1. The molecule has 0 spiro atoms. The van der Waals surface area contributed by atoms with Gasteiger partial charge in [-0.3, -0.25) is 9.78 Å². The first-order chi connectivity index (χ1) is 9.33. The third-order valence-corrected chi connectivity index (χ3v) is 3.61. The summed E-state index contributed by atoms with van der Waals surface area (Å²) in [6.07, 6.45) is 3.55. The van der Waals surface area contributed by atoms with E-state index < -0.39 is 0 Å². The third-order valence-electron chi connectivity index (χ3n) is 2.71. The summed E-state index contributed by atoms with van der Waals surface area (Å²) in [6, 6.07) is 5.76. The lowest BCUT2D eigenvalue weighted by Crippen LogP contribution is -2.18. The molecule has 0 aliphatic heterocycles. The number of aromatic nitrogens is 3. The van der Waals surface area contributed by atoms with Crippen LogP contribution >= 0.6 is 11.3 Å². The van der Waals surface area contributed by atoms with Gasteiger partial charge in [0, 0.05) is 18.9 Å². The van der Waals surface area contributed by atoms with Crippen LogP contribution in [0.1, 0.15) is 11.4 Å². The second-order valence-corrected chi connectivity index (χ2v) is 5.03. The minimum absolute atomic E-state index is 0.0711. The number of hydrogen-bond donors (Lipinski definition) is 2. The Hall–Kier alpha value is -2.05. The molecule has 0 saturated heterocycles. The molecule has 3 aromatic heterocycles. The minimum Gasteiger partial charge on any atom is -0.308 e. The van der Waals surface area contributed by atoms with Crippen LogP contribution < -0.4 is 10.9 Å². The molecule has 3 aromatic rings. The van der Waals surface area contributed by atoms with Gasteiger partial charge >= 0.3 is 0 Å². The zero-order valence-corrected chi connectivity index (χ0v) is 10.9. The molecular formula is C13H12N4OS. The van der Waals surface area contributed by atoms with Crippen LogP contribution in [0.2, 0.25) is 0 Å². The van der Waals surface area contributed by atoms with Gasteiger partial charge in [0.05, 0.1) is 12.1 Å². The molecule has 96 valence electrons. The summed E-state index contributed by atoms with van der Waals surface area (Å²) in [7, 11) is 0. The molecule has 0 saturated carbocycles. The van der Waals surface area contributed by atoms with Crippen molar-refractivity contribution >= 4 is 21.6 Å². The van der Waals surface area contributed by atoms with Gasteiger partial charge in [-0.05, 0) is 23.1 Å². The predicted molar refractivity (Wildman–Crippen MR) is 75.0 cm³/mol. The Labute approximate surface area is 113 Å². The number of H-pyrrole nitrogens is 1. The molecule has 0 unspecified atom stereocenters. The van der Waals surface area contributed by atoms with Crippen molar-refractivity contribution in [1.29, 1.82) is 0 Å². The SMILES string of the molecule is O=c1[nH]c(CNCc2cccnc2)nc2ccsc12. The molecule has 3 rings (SSSR count). The van der Waals surface area contributed by atoms with Crippen molar-refractivity contribution in [3.05, 3.63) is 57.7 Å². The fourth-order valence-electron chi connectivity index (χ4n) is 1.83. The first-order valence-corrected chi connectivity index (χ1v) is 6.77. The molecule has 3 heterocycles. The largest absolute Gasteiger partial charge is 0.308 e. The van der Waals surface area contributed by atoms with Crippen molar-refractivity contribution in [2.24, 2.45) is 0 Å². The molecule has 5 nitrogen and oxygen atoms in total. The van der Waals surface area contributed by atoms with Gasteiger partial charge in [0.2, 0.25) is 0 Å². The van der Waals surface area contributed by atoms with Gasteiger partial charge in [0.15, 0.2) is 0 Å². The average molecular weight is 272 g/mol. The summed E-state index contributed by atoms with van der Waals surface area (Å²) in [5.41, 5.74) is 1.78. The maximum absolute atomic E-state index is 11.8. The number of hydrogen-bond acceptors (Lipinski definition) is 5. The van der Waals surface area contributed by atoms with Gasteiger partial charge in [-0.15, -0.1) is 11.3 Å². The van der Waals surface area contributed by atoms with Crippen molar-refractivity contribution in [3.8, 4) is 0 Å². The third kappa shape index (κ3) is 2.69. The first-order valence-electron chi connectivity index (χ1n) is 5.89. The lowest BCUT2D eigenvalue weighted by atomic mass is 10.3. The molecule has 0 aromatic carbocycles. The van der Waals surface area contributed by atoms with Crippen molar-refractivity contribution in [2.75, 3.05) is 0 Å². The quantitative estimate of drug-likeness (QED) is 0.758. The van der Waals surface area contributed by atoms with Crippen molar-refractivity contribution < 1.29 is 0 Å². The number of thiophene rings is 1. The molecule has 0 aliphatic carbocycles. The van der Waals surface area contributed by atoms with Gasteiger partial charge in [-0.1, -0.05) is 6.07 Å². The van der Waals surface area contributed by atoms with Crippen LogP contribution in [0.15, 0.2) is 40.8 Å². The number of nitrogens with one attached hydrogen (secondary N) is 2. The number of rotatable bonds is 4. The van der Waals surface area contributed by atoms with Crippen LogP contribution in [-0.2, 0) is 13.1 Å². The maximum Gasteiger partial charge on any atom is 0.268 e. The zero-order valence-electron chi connectivity index (χ0n) is 10.1. The molecule has 0 bridgehead atoms. The number of nitrogens with zero attached hydrogens (tertiary/aromatic N) is 2. The van der Waals surface area contributed by atoms with E-state index in [1.165, 1.54) is 11.3 Å². The van der Waals surface area contributed by atoms with Crippen LogP contribution in [0.5, 0.6) is 0 Å². The summed E-state index contributed by atoms with van der Waals surface area (Å²) >= 11 is 1.41. The Morgan fingerprint density at radius 1 is 1.32 bits per heavy atom. The fraction of sp³-hybridized carbons (Fsp3) is 0.154. The molecule has 0 aliphatic rings. The van der Waals surface area contributed by atoms with E-state index in [0.717, 1.165) is 11.1 Å². The summed E-state index contributed by atoms with van der Waals surface area (Å²) in [6.45, 7) is 1.22. The lowest BCUT2D eigenvalue weighted by molar-refractivity contribution is 0.662. The Morgan fingerprint density at radius 3 is 3.11 bits per heavy atom. The highest BCUT2D eigenvalue weighted by atomic mass is 32.1. The van der Waals surface area contributed by atoms with Crippen LogP contribution in [0.3, 0.4) is 0 Å². The number of pyridine rings is 1. The van der Waals surface area contributed by atoms with Gasteiger partial charge < -0.3 is 10.3 Å². The van der Waals surface area contributed by atoms with Gasteiger partial charge in [-0.2, -0.15) is 0 Å². The van der Waals surface area contributed by atoms with Gasteiger partial charge in [0.1, 0.15) is 10.5 Å². The van der Waals surface area contributed by atoms with Crippen LogP contribution in [-0.4, -0.2) is 15.0 Å². The fourth-order valence-corrected chi connectivity index (χ4v) is 2.56. The lowest BCUT2D eigenvalue weighted by Gasteiger charge is -2.04. The molecule has 0 amide bonds. The molecule has 19 heavy (non-hydrogen) atoms. The van der Waals surface area contributed by atoms with E-state index in [1.807, 2.05) is 29.8 Å². The molecule has 0 fully saturated rings. The van der Waals surface area contributed by atoms with Crippen molar-refractivity contribution in [3.63, 3.8) is 0 Å². The molecule has 0 radical (unpaired) electrons. The summed E-state index contributed by atoms with van der Waals surface area (Å²) in [5, 5.41) is 5.11. The standard InChI is InChI=1S/C13H12N4OS/c18-13-12-10(3-5-19-12)16-11(17-13)8-15-7-9-2-1-4-14-6-9/h1-6,15H,7-8H2,(H,16,17,18). The van der Waals surface area contributed by atoms with Crippen LogP contribution in [0, 0.1) is 0 Å². The average Bonchev–Trinajstić information content (AvgIpc) is 2.89. The second kappa shape index (κ2) is 5.29. The van der Waals surface area contributed by atoms with Crippen molar-refractivity contribution in [1.82, 2.24) is 20.3 Å². The Kier molecular flexibility index (Phi) is 3.35. The van der Waals surface area contributed by atoms with E-state index in [-0.39, 0.29) is 5.56 Å². The zero-order chi connectivity index (χ0) is 13.1. The molecule has 2 N–H and O–H groups in total. The Balaban J connectivity index is 1.70. The van der Waals surface area contributed by atoms with E-state index >= 15 is 0 Å². The molecular weight excluding hydrogens is 260 g/mol. The smallest absolute Gasteiger partial charge is 0.268 e. The molecule has 6 heteroatoms. The predicted octanol–water partition coefficient (Wildman–Crippen LogP) is 1.67. The first kappa shape index (κ1) is 12.0. The highest BCUT2D eigenvalue weighted by molar-refractivity contribution is 7.17. The highest BCUT2D eigenvalue weighted by Gasteiger charge is 2.04. The minimum atomic E-state index is -0.0711. The van der Waals surface area contributed by atoms with Crippen LogP contribution in [0.25, 0.3) is 10.2 Å². The normalized spacial score (nSPS) is 10.9. The topological polar surface area (TPSA) is 70.7 Å². The van der Waals surface area contributed by atoms with Gasteiger partial charge in [-0.25, -0.2) is 4.98 Å². The second-order valence-electron chi connectivity index (χ2n) is 4.11. The van der Waals surface area contributed by atoms with E-state index in [0.29, 0.717) is 23.6 Å². The van der Waals surface area contributed by atoms with E-state index in [4.69, 9.17) is 0 Å². The van der Waals surface area contributed by atoms with E-state index in [1.54, 1.807) is 6.20 Å². The van der Waals surface area contributed by atoms with Gasteiger partial charge in [0.25, 0.3) is 5.56 Å². The molecule has 0 atom stereocenters. The maximum atomic E-state index is 11.8.